The van der Waals surface area contributed by atoms with Crippen LogP contribution in [0.5, 0.6) is 5.75 Å². The predicted molar refractivity (Wildman–Crippen MR) is 68.7 cm³/mol. The van der Waals surface area contributed by atoms with Crippen LogP contribution in [-0.4, -0.2) is 38.0 Å². The number of nitrogens with one attached hydrogen (secondary N) is 1. The van der Waals surface area contributed by atoms with Gasteiger partial charge in [-0.15, -0.1) is 12.4 Å². The second-order valence-corrected chi connectivity index (χ2v) is 3.71. The Morgan fingerprint density at radius 3 is 2.59 bits per heavy atom. The molecule has 0 atom stereocenters. The molecule has 0 fully saturated rings. The summed E-state index contributed by atoms with van der Waals surface area (Å²) >= 11 is 0. The van der Waals surface area contributed by atoms with Crippen molar-refractivity contribution in [2.75, 3.05) is 27.2 Å². The van der Waals surface area contributed by atoms with Crippen molar-refractivity contribution in [3.8, 4) is 5.75 Å². The first-order valence-corrected chi connectivity index (χ1v) is 4.92. The molecule has 0 saturated carbocycles. The predicted octanol–water partition coefficient (Wildman–Crippen LogP) is 1.47. The number of halogens is 2. The fourth-order valence-electron chi connectivity index (χ4n) is 1.12. The van der Waals surface area contributed by atoms with Gasteiger partial charge in [0, 0.05) is 12.1 Å². The van der Waals surface area contributed by atoms with E-state index in [1.165, 1.54) is 12.1 Å². The molecule has 0 heterocycles. The van der Waals surface area contributed by atoms with E-state index in [0.29, 0.717) is 18.7 Å². The van der Waals surface area contributed by atoms with Gasteiger partial charge in [-0.3, -0.25) is 5.41 Å². The molecule has 0 aliphatic carbocycles. The lowest BCUT2D eigenvalue weighted by Gasteiger charge is -2.11. The molecule has 0 saturated heterocycles. The van der Waals surface area contributed by atoms with Gasteiger partial charge in [-0.25, -0.2) is 4.39 Å². The van der Waals surface area contributed by atoms with Crippen molar-refractivity contribution in [2.45, 2.75) is 0 Å². The van der Waals surface area contributed by atoms with E-state index in [9.17, 15) is 4.39 Å². The van der Waals surface area contributed by atoms with Crippen LogP contribution in [0.3, 0.4) is 0 Å². The van der Waals surface area contributed by atoms with E-state index in [2.05, 4.69) is 0 Å². The summed E-state index contributed by atoms with van der Waals surface area (Å²) in [6.07, 6.45) is 0. The molecule has 4 nitrogen and oxygen atoms in total. The van der Waals surface area contributed by atoms with Gasteiger partial charge in [-0.1, -0.05) is 0 Å². The average molecular weight is 262 g/mol. The topological polar surface area (TPSA) is 62.3 Å². The maximum atomic E-state index is 13.4. The third-order valence-corrected chi connectivity index (χ3v) is 2.04. The number of nitrogen functional groups attached to an aromatic ring is 1. The molecule has 0 amide bonds. The maximum absolute atomic E-state index is 13.4. The van der Waals surface area contributed by atoms with Crippen LogP contribution in [0.2, 0.25) is 0 Å². The monoisotopic (exact) mass is 261 g/mol. The zero-order valence-electron chi connectivity index (χ0n) is 9.87. The van der Waals surface area contributed by atoms with E-state index >= 15 is 0 Å². The van der Waals surface area contributed by atoms with Gasteiger partial charge in [0.15, 0.2) is 11.6 Å². The Hall–Kier alpha value is -1.33. The molecule has 17 heavy (non-hydrogen) atoms. The summed E-state index contributed by atoms with van der Waals surface area (Å²) in [5.41, 5.74) is 5.60. The van der Waals surface area contributed by atoms with E-state index in [4.69, 9.17) is 15.9 Å². The average Bonchev–Trinajstić information content (AvgIpc) is 2.19. The Morgan fingerprint density at radius 1 is 1.47 bits per heavy atom. The molecule has 0 aliphatic rings. The zero-order chi connectivity index (χ0) is 12.1. The van der Waals surface area contributed by atoms with Gasteiger partial charge in [0.2, 0.25) is 0 Å². The zero-order valence-corrected chi connectivity index (χ0v) is 10.7. The summed E-state index contributed by atoms with van der Waals surface area (Å²) in [5, 5.41) is 7.16. The molecule has 0 aliphatic heterocycles. The number of rotatable bonds is 5. The van der Waals surface area contributed by atoms with Gasteiger partial charge >= 0.3 is 0 Å². The van der Waals surface area contributed by atoms with E-state index in [0.717, 1.165) is 0 Å². The minimum Gasteiger partial charge on any atom is -0.489 e. The van der Waals surface area contributed by atoms with Crippen LogP contribution in [0, 0.1) is 11.2 Å². The third-order valence-electron chi connectivity index (χ3n) is 2.04. The Balaban J connectivity index is 0.00000256. The van der Waals surface area contributed by atoms with Gasteiger partial charge in [0.05, 0.1) is 0 Å². The highest BCUT2D eigenvalue weighted by atomic mass is 35.5. The quantitative estimate of drug-likeness (QED) is 0.623. The molecule has 0 spiro atoms. The first-order chi connectivity index (χ1) is 7.50. The molecule has 1 rings (SSSR count). The van der Waals surface area contributed by atoms with E-state index in [-0.39, 0.29) is 24.0 Å². The second-order valence-electron chi connectivity index (χ2n) is 3.71. The molecule has 0 radical (unpaired) electrons. The minimum atomic E-state index is -0.494. The first kappa shape index (κ1) is 15.7. The highest BCUT2D eigenvalue weighted by Gasteiger charge is 2.06. The van der Waals surface area contributed by atoms with Gasteiger partial charge in [0.25, 0.3) is 0 Å². The number of amidine groups is 1. The highest BCUT2D eigenvalue weighted by Crippen LogP contribution is 2.17. The summed E-state index contributed by atoms with van der Waals surface area (Å²) in [6, 6.07) is 4.26. The molecule has 6 heteroatoms. The molecule has 1 aromatic carbocycles. The van der Waals surface area contributed by atoms with Crippen molar-refractivity contribution >= 4 is 18.2 Å². The molecule has 0 unspecified atom stereocenters. The van der Waals surface area contributed by atoms with E-state index < -0.39 is 5.82 Å². The van der Waals surface area contributed by atoms with Gasteiger partial charge in [-0.05, 0) is 32.3 Å². The summed E-state index contributed by atoms with van der Waals surface area (Å²) in [4.78, 5) is 1.95. The summed E-state index contributed by atoms with van der Waals surface area (Å²) in [6.45, 7) is 1.14. The SMILES string of the molecule is CN(C)CCOc1ccc(C(=N)N)cc1F.Cl. The fraction of sp³-hybridized carbons (Fsp3) is 0.364. The third kappa shape index (κ3) is 5.01. The lowest BCUT2D eigenvalue weighted by Crippen LogP contribution is -2.19. The molecular formula is C11H17ClFN3O. The van der Waals surface area contributed by atoms with Crippen molar-refractivity contribution in [3.05, 3.63) is 29.6 Å². The van der Waals surface area contributed by atoms with Crippen LogP contribution >= 0.6 is 12.4 Å². The minimum absolute atomic E-state index is 0. The largest absolute Gasteiger partial charge is 0.489 e. The number of nitrogens with zero attached hydrogens (tertiary/aromatic N) is 1. The Morgan fingerprint density at radius 2 is 2.12 bits per heavy atom. The van der Waals surface area contributed by atoms with Crippen LogP contribution in [0.25, 0.3) is 0 Å². The van der Waals surface area contributed by atoms with Gasteiger partial charge < -0.3 is 15.4 Å². The number of hydrogen-bond donors (Lipinski definition) is 2. The second kappa shape index (κ2) is 7.09. The molecule has 96 valence electrons. The number of hydrogen-bond acceptors (Lipinski definition) is 3. The lowest BCUT2D eigenvalue weighted by atomic mass is 10.2. The Bertz CT molecular complexity index is 385. The molecule has 0 bridgehead atoms. The van der Waals surface area contributed by atoms with Crippen molar-refractivity contribution in [3.63, 3.8) is 0 Å². The summed E-state index contributed by atoms with van der Waals surface area (Å²) < 4.78 is 18.7. The Labute approximate surface area is 106 Å². The summed E-state index contributed by atoms with van der Waals surface area (Å²) in [5.74, 6) is -0.461. The van der Waals surface area contributed by atoms with Crippen molar-refractivity contribution < 1.29 is 9.13 Å². The fourth-order valence-corrected chi connectivity index (χ4v) is 1.12. The highest BCUT2D eigenvalue weighted by molar-refractivity contribution is 5.95. The van der Waals surface area contributed by atoms with Crippen LogP contribution < -0.4 is 10.5 Å². The normalized spacial score (nSPS) is 9.88. The molecule has 1 aromatic rings. The van der Waals surface area contributed by atoms with Crippen LogP contribution in [-0.2, 0) is 0 Å². The number of benzene rings is 1. The molecular weight excluding hydrogens is 245 g/mol. The maximum Gasteiger partial charge on any atom is 0.165 e. The smallest absolute Gasteiger partial charge is 0.165 e. The lowest BCUT2D eigenvalue weighted by molar-refractivity contribution is 0.252. The first-order valence-electron chi connectivity index (χ1n) is 4.92. The number of ether oxygens (including phenoxy) is 1. The van der Waals surface area contributed by atoms with E-state index in [1.807, 2.05) is 19.0 Å². The van der Waals surface area contributed by atoms with E-state index in [1.54, 1.807) is 6.07 Å². The number of nitrogens with two attached hydrogens (primary N) is 1. The standard InChI is InChI=1S/C11H16FN3O.ClH/c1-15(2)5-6-16-10-4-3-8(11(13)14)7-9(10)12;/h3-4,7H,5-6H2,1-2H3,(H3,13,14);1H. The van der Waals surface area contributed by atoms with Crippen molar-refractivity contribution in [2.24, 2.45) is 5.73 Å². The van der Waals surface area contributed by atoms with Gasteiger partial charge in [0.1, 0.15) is 12.4 Å². The van der Waals surface area contributed by atoms with Crippen LogP contribution in [0.15, 0.2) is 18.2 Å². The summed E-state index contributed by atoms with van der Waals surface area (Å²) in [7, 11) is 3.83. The number of likely N-dealkylation sites (N-methyl/N-ethyl adjacent to an activating group) is 1. The molecule has 3 N–H and O–H groups in total. The Kier molecular flexibility index (Phi) is 6.53. The van der Waals surface area contributed by atoms with Gasteiger partial charge in [-0.2, -0.15) is 0 Å². The van der Waals surface area contributed by atoms with Crippen LogP contribution in [0.1, 0.15) is 5.56 Å². The molecule has 0 aromatic heterocycles. The van der Waals surface area contributed by atoms with Crippen molar-refractivity contribution in [1.29, 1.82) is 5.41 Å². The van der Waals surface area contributed by atoms with Crippen LogP contribution in [0.4, 0.5) is 4.39 Å². The van der Waals surface area contributed by atoms with Crippen molar-refractivity contribution in [1.82, 2.24) is 4.90 Å².